The zero-order valence-electron chi connectivity index (χ0n) is 16.5. The van der Waals surface area contributed by atoms with E-state index in [9.17, 15) is 0 Å². The maximum atomic E-state index is 5.07. The molecule has 0 saturated heterocycles. The molecule has 138 valence electrons. The van der Waals surface area contributed by atoms with Crippen LogP contribution in [0.3, 0.4) is 0 Å². The Balaban J connectivity index is 3.63. The molecule has 0 bridgehead atoms. The molecule has 0 fully saturated rings. The van der Waals surface area contributed by atoms with Crippen molar-refractivity contribution < 1.29 is 4.74 Å². The van der Waals surface area contributed by atoms with Gasteiger partial charge in [-0.25, -0.2) is 0 Å². The summed E-state index contributed by atoms with van der Waals surface area (Å²) in [6.45, 7) is 11.9. The number of hydrogen-bond acceptors (Lipinski definition) is 3. The average molecular weight is 344 g/mol. The first-order valence-corrected chi connectivity index (χ1v) is 9.10. The lowest BCUT2D eigenvalue weighted by atomic mass is 9.88. The van der Waals surface area contributed by atoms with Crippen LogP contribution in [0.25, 0.3) is 0 Å². The van der Waals surface area contributed by atoms with Crippen LogP contribution in [0.4, 0.5) is 0 Å². The third-order valence-electron chi connectivity index (χ3n) is 3.98. The van der Waals surface area contributed by atoms with Crippen LogP contribution in [-0.4, -0.2) is 39.5 Å². The number of allylic oxidation sites excluding steroid dienone is 4. The smallest absolute Gasteiger partial charge is 0.137 e. The van der Waals surface area contributed by atoms with Crippen LogP contribution >= 0.6 is 0 Å². The molecule has 0 aromatic carbocycles. The van der Waals surface area contributed by atoms with Crippen molar-refractivity contribution in [3.05, 3.63) is 46.6 Å². The van der Waals surface area contributed by atoms with Gasteiger partial charge in [-0.3, -0.25) is 9.98 Å². The fourth-order valence-electron chi connectivity index (χ4n) is 2.96. The minimum atomic E-state index is 0.367. The summed E-state index contributed by atoms with van der Waals surface area (Å²) in [6, 6.07) is 0. The number of nitrogens with one attached hydrogen (secondary N) is 1. The first-order valence-electron chi connectivity index (χ1n) is 9.10. The van der Waals surface area contributed by atoms with E-state index in [2.05, 4.69) is 54.8 Å². The van der Waals surface area contributed by atoms with E-state index in [1.807, 2.05) is 13.3 Å². The molecule has 1 aliphatic rings. The molecule has 0 aliphatic carbocycles. The first kappa shape index (κ1) is 21.1. The largest absolute Gasteiger partial charge is 0.370 e. The Labute approximate surface area is 153 Å². The Kier molecular flexibility index (Phi) is 9.78. The number of amidine groups is 1. The van der Waals surface area contributed by atoms with Gasteiger partial charge < -0.3 is 10.1 Å². The quantitative estimate of drug-likeness (QED) is 0.654. The average Bonchev–Trinajstić information content (AvgIpc) is 2.81. The molecular weight excluding hydrogens is 310 g/mol. The van der Waals surface area contributed by atoms with Crippen molar-refractivity contribution >= 4 is 12.1 Å². The first-order chi connectivity index (χ1) is 12.1. The van der Waals surface area contributed by atoms with Gasteiger partial charge in [0.2, 0.25) is 0 Å². The maximum Gasteiger partial charge on any atom is 0.137 e. The van der Waals surface area contributed by atoms with E-state index in [0.29, 0.717) is 6.73 Å². The number of ether oxygens (including phenoxy) is 1. The normalized spacial score (nSPS) is 19.6. The summed E-state index contributed by atoms with van der Waals surface area (Å²) >= 11 is 0. The molecule has 1 rings (SSSR count). The lowest BCUT2D eigenvalue weighted by molar-refractivity contribution is 0.209. The van der Waals surface area contributed by atoms with Crippen molar-refractivity contribution in [2.75, 3.05) is 27.4 Å². The van der Waals surface area contributed by atoms with E-state index in [1.165, 1.54) is 11.1 Å². The van der Waals surface area contributed by atoms with Gasteiger partial charge >= 0.3 is 0 Å². The molecule has 1 heterocycles. The fraction of sp³-hybridized carbons (Fsp3) is 0.524. The SMILES string of the molecule is C=C(C)C1=CCCNC(=NC)/C1=C(CCC)/C(C=NCOC)=C/CC. The monoisotopic (exact) mass is 343 g/mol. The molecule has 0 spiro atoms. The van der Waals surface area contributed by atoms with E-state index in [0.717, 1.165) is 54.8 Å². The second-order valence-corrected chi connectivity index (χ2v) is 6.09. The minimum absolute atomic E-state index is 0.367. The number of hydrogen-bond donors (Lipinski definition) is 1. The number of rotatable bonds is 8. The third-order valence-corrected chi connectivity index (χ3v) is 3.98. The van der Waals surface area contributed by atoms with Crippen molar-refractivity contribution in [3.63, 3.8) is 0 Å². The predicted octanol–water partition coefficient (Wildman–Crippen LogP) is 4.62. The molecular formula is C21H33N3O. The summed E-state index contributed by atoms with van der Waals surface area (Å²) in [6.07, 6.45) is 10.4. The molecule has 0 aromatic heterocycles. The summed E-state index contributed by atoms with van der Waals surface area (Å²) in [5.74, 6) is 0.942. The molecule has 4 nitrogen and oxygen atoms in total. The van der Waals surface area contributed by atoms with Crippen LogP contribution in [0.1, 0.15) is 46.5 Å². The Morgan fingerprint density at radius 1 is 1.40 bits per heavy atom. The van der Waals surface area contributed by atoms with Crippen LogP contribution in [-0.2, 0) is 4.74 Å². The summed E-state index contributed by atoms with van der Waals surface area (Å²) in [5.41, 5.74) is 5.84. The van der Waals surface area contributed by atoms with Gasteiger partial charge in [-0.1, -0.05) is 44.6 Å². The minimum Gasteiger partial charge on any atom is -0.370 e. The Morgan fingerprint density at radius 2 is 2.16 bits per heavy atom. The molecule has 1 aliphatic heterocycles. The zero-order valence-corrected chi connectivity index (χ0v) is 16.5. The van der Waals surface area contributed by atoms with Crippen molar-refractivity contribution in [3.8, 4) is 0 Å². The molecule has 0 amide bonds. The van der Waals surface area contributed by atoms with Crippen LogP contribution in [0.15, 0.2) is 56.6 Å². The van der Waals surface area contributed by atoms with Crippen molar-refractivity contribution in [1.29, 1.82) is 0 Å². The second kappa shape index (κ2) is 11.6. The number of methoxy groups -OCH3 is 1. The lowest BCUT2D eigenvalue weighted by Crippen LogP contribution is -2.26. The second-order valence-electron chi connectivity index (χ2n) is 6.09. The standard InChI is InChI=1S/C21H33N3O/c1-7-10-17(14-23-15-25-6)19(11-8-2)20-18(16(3)4)12-9-13-24-21(20)22-5/h10,12,14H,3,7-9,11,13,15H2,1-2,4-6H3,(H,22,24)/b17-10+,20-19+,23-14?. The van der Waals surface area contributed by atoms with Gasteiger partial charge in [0.25, 0.3) is 0 Å². The van der Waals surface area contributed by atoms with Gasteiger partial charge in [-0.05, 0) is 42.9 Å². The summed E-state index contributed by atoms with van der Waals surface area (Å²) in [7, 11) is 3.50. The van der Waals surface area contributed by atoms with E-state index < -0.39 is 0 Å². The van der Waals surface area contributed by atoms with Crippen LogP contribution in [0.5, 0.6) is 0 Å². The highest BCUT2D eigenvalue weighted by molar-refractivity contribution is 6.06. The summed E-state index contributed by atoms with van der Waals surface area (Å²) in [5, 5.41) is 3.47. The highest BCUT2D eigenvalue weighted by Gasteiger charge is 2.21. The molecule has 1 N–H and O–H groups in total. The van der Waals surface area contributed by atoms with Crippen LogP contribution < -0.4 is 5.32 Å². The van der Waals surface area contributed by atoms with Crippen molar-refractivity contribution in [2.24, 2.45) is 9.98 Å². The topological polar surface area (TPSA) is 46.0 Å². The van der Waals surface area contributed by atoms with Gasteiger partial charge in [-0.15, -0.1) is 0 Å². The van der Waals surface area contributed by atoms with E-state index in [-0.39, 0.29) is 0 Å². The third kappa shape index (κ3) is 6.13. The molecule has 0 unspecified atom stereocenters. The van der Waals surface area contributed by atoms with Crippen LogP contribution in [0.2, 0.25) is 0 Å². The number of aliphatic imine (C=N–C) groups is 2. The van der Waals surface area contributed by atoms with Gasteiger partial charge in [0.1, 0.15) is 12.6 Å². The maximum absolute atomic E-state index is 5.07. The molecule has 0 aromatic rings. The van der Waals surface area contributed by atoms with Gasteiger partial charge in [0, 0.05) is 32.5 Å². The van der Waals surface area contributed by atoms with Crippen molar-refractivity contribution in [1.82, 2.24) is 5.32 Å². The Bertz CT molecular complexity index is 607. The van der Waals surface area contributed by atoms with Crippen LogP contribution in [0, 0.1) is 0 Å². The lowest BCUT2D eigenvalue weighted by Gasteiger charge is -2.20. The zero-order chi connectivity index (χ0) is 18.7. The Hall–Kier alpha value is -1.94. The molecule has 0 saturated carbocycles. The molecule has 4 heteroatoms. The van der Waals surface area contributed by atoms with E-state index in [1.54, 1.807) is 7.11 Å². The van der Waals surface area contributed by atoms with Gasteiger partial charge in [0.05, 0.1) is 0 Å². The molecule has 0 atom stereocenters. The number of nitrogens with zero attached hydrogens (tertiary/aromatic N) is 2. The molecule has 0 radical (unpaired) electrons. The van der Waals surface area contributed by atoms with E-state index >= 15 is 0 Å². The van der Waals surface area contributed by atoms with E-state index in [4.69, 9.17) is 4.74 Å². The highest BCUT2D eigenvalue weighted by Crippen LogP contribution is 2.30. The summed E-state index contributed by atoms with van der Waals surface area (Å²) < 4.78 is 5.07. The van der Waals surface area contributed by atoms with Gasteiger partial charge in [-0.2, -0.15) is 0 Å². The predicted molar refractivity (Wildman–Crippen MR) is 110 cm³/mol. The summed E-state index contributed by atoms with van der Waals surface area (Å²) in [4.78, 5) is 8.93. The van der Waals surface area contributed by atoms with Gasteiger partial charge in [0.15, 0.2) is 0 Å². The highest BCUT2D eigenvalue weighted by atomic mass is 16.5. The Morgan fingerprint density at radius 3 is 2.72 bits per heavy atom. The molecule has 25 heavy (non-hydrogen) atoms. The van der Waals surface area contributed by atoms with Crippen molar-refractivity contribution in [2.45, 2.75) is 46.5 Å². The fourth-order valence-corrected chi connectivity index (χ4v) is 2.96.